The molecule has 0 unspecified atom stereocenters. The predicted molar refractivity (Wildman–Crippen MR) is 126 cm³/mol. The molecule has 0 bridgehead atoms. The van der Waals surface area contributed by atoms with Crippen molar-refractivity contribution in [1.29, 1.82) is 0 Å². The highest BCUT2D eigenvalue weighted by Gasteiger charge is 2.38. The van der Waals surface area contributed by atoms with Crippen LogP contribution in [0.15, 0.2) is 83.5 Å². The van der Waals surface area contributed by atoms with Crippen molar-refractivity contribution in [2.45, 2.75) is 13.3 Å². The molecule has 0 atom stereocenters. The second-order valence-electron chi connectivity index (χ2n) is 7.28. The van der Waals surface area contributed by atoms with Gasteiger partial charge < -0.3 is 10.6 Å². The average molecular weight is 464 g/mol. The van der Waals surface area contributed by atoms with Gasteiger partial charge in [-0.3, -0.25) is 14.4 Å². The van der Waals surface area contributed by atoms with Gasteiger partial charge in [-0.1, -0.05) is 36.7 Å². The third kappa shape index (κ3) is 4.49. The lowest BCUT2D eigenvalue weighted by Gasteiger charge is -2.15. The van der Waals surface area contributed by atoms with Crippen LogP contribution in [0.4, 0.5) is 21.5 Å². The maximum Gasteiger partial charge on any atom is 0.283 e. The molecule has 3 aromatic rings. The number of amides is 3. The second kappa shape index (κ2) is 9.26. The van der Waals surface area contributed by atoms with Crippen LogP contribution in [0, 0.1) is 5.82 Å². The molecule has 0 spiro atoms. The van der Waals surface area contributed by atoms with Gasteiger partial charge in [-0.15, -0.1) is 0 Å². The van der Waals surface area contributed by atoms with E-state index in [4.69, 9.17) is 11.6 Å². The molecule has 1 aliphatic rings. The molecule has 0 aromatic heterocycles. The molecular formula is C25H19ClFN3O3. The second-order valence-corrected chi connectivity index (χ2v) is 7.66. The van der Waals surface area contributed by atoms with Crippen LogP contribution >= 0.6 is 11.6 Å². The third-order valence-corrected chi connectivity index (χ3v) is 5.53. The summed E-state index contributed by atoms with van der Waals surface area (Å²) < 4.78 is 13.2. The van der Waals surface area contributed by atoms with Gasteiger partial charge in [0.15, 0.2) is 0 Å². The van der Waals surface area contributed by atoms with Crippen molar-refractivity contribution >= 4 is 46.4 Å². The molecule has 166 valence electrons. The summed E-state index contributed by atoms with van der Waals surface area (Å²) in [6.45, 7) is 2.01. The van der Waals surface area contributed by atoms with Crippen LogP contribution in [0.25, 0.3) is 0 Å². The Hall–Kier alpha value is -3.97. The van der Waals surface area contributed by atoms with E-state index >= 15 is 0 Å². The molecule has 2 N–H and O–H groups in total. The molecule has 0 saturated heterocycles. The number of imide groups is 1. The summed E-state index contributed by atoms with van der Waals surface area (Å²) >= 11 is 6.12. The Morgan fingerprint density at radius 2 is 1.61 bits per heavy atom. The largest absolute Gasteiger partial charge is 0.350 e. The fourth-order valence-corrected chi connectivity index (χ4v) is 3.64. The number of rotatable bonds is 6. The van der Waals surface area contributed by atoms with E-state index in [9.17, 15) is 18.8 Å². The van der Waals surface area contributed by atoms with E-state index in [-0.39, 0.29) is 22.3 Å². The lowest BCUT2D eigenvalue weighted by atomic mass is 10.1. The molecule has 4 rings (SSSR count). The Kier molecular flexibility index (Phi) is 6.24. The summed E-state index contributed by atoms with van der Waals surface area (Å²) in [6.07, 6.45) is 0.789. The van der Waals surface area contributed by atoms with Gasteiger partial charge in [0.05, 0.1) is 5.69 Å². The minimum Gasteiger partial charge on any atom is -0.350 e. The van der Waals surface area contributed by atoms with Gasteiger partial charge in [-0.2, -0.15) is 0 Å². The number of nitrogens with one attached hydrogen (secondary N) is 2. The van der Waals surface area contributed by atoms with Crippen LogP contribution in [-0.2, 0) is 16.0 Å². The van der Waals surface area contributed by atoms with E-state index in [0.29, 0.717) is 11.3 Å². The number of benzene rings is 3. The molecule has 0 radical (unpaired) electrons. The van der Waals surface area contributed by atoms with Gasteiger partial charge in [-0.25, -0.2) is 9.29 Å². The highest BCUT2D eigenvalue weighted by atomic mass is 35.5. The summed E-state index contributed by atoms with van der Waals surface area (Å²) in [5.41, 5.74) is 2.78. The van der Waals surface area contributed by atoms with Crippen molar-refractivity contribution < 1.29 is 18.8 Å². The number of anilines is 3. The van der Waals surface area contributed by atoms with Crippen molar-refractivity contribution in [2.75, 3.05) is 15.5 Å². The van der Waals surface area contributed by atoms with Crippen LogP contribution in [0.5, 0.6) is 0 Å². The normalized spacial score (nSPS) is 13.5. The standard InChI is InChI=1S/C25H19ClFN3O3/c1-2-15-5-3-4-6-20(15)29-23(31)16-7-11-18(12-8-16)28-22-21(26)24(32)30(25(22)33)19-13-9-17(27)10-14-19/h3-14,28H,2H2,1H3,(H,29,31). The first-order valence-corrected chi connectivity index (χ1v) is 10.6. The van der Waals surface area contributed by atoms with Crippen LogP contribution in [0.1, 0.15) is 22.8 Å². The van der Waals surface area contributed by atoms with Gasteiger partial charge >= 0.3 is 0 Å². The molecule has 6 nitrogen and oxygen atoms in total. The molecular weight excluding hydrogens is 445 g/mol. The zero-order chi connectivity index (χ0) is 23.5. The van der Waals surface area contributed by atoms with E-state index in [1.165, 1.54) is 12.1 Å². The van der Waals surface area contributed by atoms with E-state index in [1.807, 2.05) is 31.2 Å². The first kappa shape index (κ1) is 22.2. The number of hydrogen-bond acceptors (Lipinski definition) is 4. The molecule has 3 aromatic carbocycles. The van der Waals surface area contributed by atoms with E-state index < -0.39 is 17.6 Å². The van der Waals surface area contributed by atoms with Gasteiger partial charge in [0.2, 0.25) is 0 Å². The van der Waals surface area contributed by atoms with Gasteiger partial charge in [0.25, 0.3) is 17.7 Å². The maximum absolute atomic E-state index is 13.2. The summed E-state index contributed by atoms with van der Waals surface area (Å²) in [4.78, 5) is 38.8. The van der Waals surface area contributed by atoms with Crippen LogP contribution in [-0.4, -0.2) is 17.7 Å². The van der Waals surface area contributed by atoms with Crippen molar-refractivity contribution in [2.24, 2.45) is 0 Å². The van der Waals surface area contributed by atoms with Crippen molar-refractivity contribution in [3.8, 4) is 0 Å². The Bertz CT molecular complexity index is 1270. The first-order valence-electron chi connectivity index (χ1n) is 10.2. The highest BCUT2D eigenvalue weighted by molar-refractivity contribution is 6.53. The molecule has 1 heterocycles. The molecule has 0 aliphatic carbocycles. The highest BCUT2D eigenvalue weighted by Crippen LogP contribution is 2.30. The van der Waals surface area contributed by atoms with Crippen molar-refractivity contribution in [3.05, 3.63) is 100 Å². The van der Waals surface area contributed by atoms with Crippen LogP contribution in [0.2, 0.25) is 0 Å². The fourth-order valence-electron chi connectivity index (χ4n) is 3.43. The Labute approximate surface area is 194 Å². The van der Waals surface area contributed by atoms with E-state index in [2.05, 4.69) is 10.6 Å². The average Bonchev–Trinajstić information content (AvgIpc) is 3.03. The lowest BCUT2D eigenvalue weighted by Crippen LogP contribution is -2.32. The quantitative estimate of drug-likeness (QED) is 0.500. The maximum atomic E-state index is 13.2. The van der Waals surface area contributed by atoms with E-state index in [1.54, 1.807) is 24.3 Å². The summed E-state index contributed by atoms with van der Waals surface area (Å²) in [7, 11) is 0. The zero-order valence-electron chi connectivity index (χ0n) is 17.6. The minimum absolute atomic E-state index is 0.0972. The summed E-state index contributed by atoms with van der Waals surface area (Å²) in [5, 5.41) is 5.47. The van der Waals surface area contributed by atoms with E-state index in [0.717, 1.165) is 34.7 Å². The number of aryl methyl sites for hydroxylation is 1. The molecule has 0 fully saturated rings. The number of para-hydroxylation sites is 1. The Morgan fingerprint density at radius 3 is 2.27 bits per heavy atom. The smallest absolute Gasteiger partial charge is 0.283 e. The van der Waals surface area contributed by atoms with Crippen molar-refractivity contribution in [3.63, 3.8) is 0 Å². The Morgan fingerprint density at radius 1 is 0.939 bits per heavy atom. The Balaban J connectivity index is 1.48. The predicted octanol–water partition coefficient (Wildman–Crippen LogP) is 5.08. The SMILES string of the molecule is CCc1ccccc1NC(=O)c1ccc(NC2=C(Cl)C(=O)N(c3ccc(F)cc3)C2=O)cc1. The van der Waals surface area contributed by atoms with Gasteiger partial charge in [-0.05, 0) is 66.6 Å². The fraction of sp³-hybridized carbons (Fsp3) is 0.0800. The molecule has 3 amide bonds. The van der Waals surface area contributed by atoms with Crippen LogP contribution in [0.3, 0.4) is 0 Å². The lowest BCUT2D eigenvalue weighted by molar-refractivity contribution is -0.120. The molecule has 33 heavy (non-hydrogen) atoms. The molecule has 8 heteroatoms. The van der Waals surface area contributed by atoms with Gasteiger partial charge in [0.1, 0.15) is 16.5 Å². The number of carbonyl (C=O) groups excluding carboxylic acids is 3. The number of hydrogen-bond donors (Lipinski definition) is 2. The van der Waals surface area contributed by atoms with Crippen molar-refractivity contribution in [1.82, 2.24) is 0 Å². The number of halogens is 2. The first-order chi connectivity index (χ1) is 15.9. The zero-order valence-corrected chi connectivity index (χ0v) is 18.3. The molecule has 1 aliphatic heterocycles. The summed E-state index contributed by atoms with van der Waals surface area (Å²) in [6, 6.07) is 18.9. The van der Waals surface area contributed by atoms with Gasteiger partial charge in [0, 0.05) is 16.9 Å². The monoisotopic (exact) mass is 463 g/mol. The molecule has 0 saturated carbocycles. The van der Waals surface area contributed by atoms with Crippen LogP contribution < -0.4 is 15.5 Å². The number of carbonyl (C=O) groups is 3. The third-order valence-electron chi connectivity index (χ3n) is 5.18. The summed E-state index contributed by atoms with van der Waals surface area (Å²) in [5.74, 6) is -2.12. The number of nitrogens with zero attached hydrogens (tertiary/aromatic N) is 1. The topological polar surface area (TPSA) is 78.5 Å². The minimum atomic E-state index is -0.707.